The van der Waals surface area contributed by atoms with Gasteiger partial charge in [-0.15, -0.1) is 0 Å². The first kappa shape index (κ1) is 27.3. The predicted molar refractivity (Wildman–Crippen MR) is 87.9 cm³/mol. The van der Waals surface area contributed by atoms with E-state index in [0.717, 1.165) is 23.8 Å². The van der Waals surface area contributed by atoms with Crippen molar-refractivity contribution in [3.63, 3.8) is 0 Å². The maximum Gasteiger partial charge on any atom is 1.00 e. The van der Waals surface area contributed by atoms with E-state index in [0.29, 0.717) is 11.7 Å². The molecule has 0 fully saturated rings. The molecule has 0 aliphatic rings. The van der Waals surface area contributed by atoms with E-state index in [4.69, 9.17) is 9.79 Å². The minimum atomic E-state index is -5.54. The summed E-state index contributed by atoms with van der Waals surface area (Å²) in [5, 5.41) is 0. The standard InChI is InChI=1S/C13H18BrF2O3PS.2Na.2H/c1-9(2)5-6-21-8-10-3-4-11(12(14)7-10)13(15,16)20(17,18)19;;;;/h3-4,7,9H,5-6,8H2,1-2H3,(H2,17,18,19);;;;/q;2*+1;2*-1. The van der Waals surface area contributed by atoms with Gasteiger partial charge in [0.2, 0.25) is 0 Å². The van der Waals surface area contributed by atoms with Crippen molar-refractivity contribution >= 4 is 35.3 Å². The molecule has 0 aliphatic heterocycles. The molecule has 0 saturated carbocycles. The van der Waals surface area contributed by atoms with E-state index in [2.05, 4.69) is 29.8 Å². The fourth-order valence-corrected chi connectivity index (χ4v) is 4.09. The van der Waals surface area contributed by atoms with Crippen LogP contribution in [-0.4, -0.2) is 15.5 Å². The fraction of sp³-hybridized carbons (Fsp3) is 0.538. The number of rotatable bonds is 7. The molecule has 1 aromatic rings. The van der Waals surface area contributed by atoms with E-state index in [9.17, 15) is 13.3 Å². The molecule has 23 heavy (non-hydrogen) atoms. The largest absolute Gasteiger partial charge is 1.00 e. The van der Waals surface area contributed by atoms with E-state index in [1.54, 1.807) is 11.8 Å². The number of thioether (sulfide) groups is 1. The Hall–Kier alpha value is 2.06. The molecule has 0 amide bonds. The fourth-order valence-electron chi connectivity index (χ4n) is 1.56. The van der Waals surface area contributed by atoms with Crippen LogP contribution in [0.3, 0.4) is 0 Å². The van der Waals surface area contributed by atoms with Gasteiger partial charge in [0.15, 0.2) is 0 Å². The van der Waals surface area contributed by atoms with E-state index < -0.39 is 18.8 Å². The van der Waals surface area contributed by atoms with Crippen LogP contribution >= 0.6 is 35.3 Å². The minimum absolute atomic E-state index is 0. The van der Waals surface area contributed by atoms with Gasteiger partial charge in [-0.1, -0.05) is 41.9 Å². The molecule has 3 nitrogen and oxygen atoms in total. The van der Waals surface area contributed by atoms with Gasteiger partial charge in [0.05, 0.1) is 0 Å². The van der Waals surface area contributed by atoms with Gasteiger partial charge in [0.1, 0.15) is 0 Å². The predicted octanol–water partition coefficient (Wildman–Crippen LogP) is -0.812. The molecule has 124 valence electrons. The number of hydrogen-bond donors (Lipinski definition) is 2. The van der Waals surface area contributed by atoms with E-state index in [1.165, 1.54) is 12.1 Å². The van der Waals surface area contributed by atoms with E-state index in [1.807, 2.05) is 0 Å². The SMILES string of the molecule is CC(C)CCSCc1ccc(C(F)(F)P(=O)(O)O)c(Br)c1.[H-].[H-].[Na+].[Na+]. The quantitative estimate of drug-likeness (QED) is 0.324. The molecule has 0 heterocycles. The molecule has 1 aromatic carbocycles. The second kappa shape index (κ2) is 11.7. The number of alkyl halides is 2. The summed E-state index contributed by atoms with van der Waals surface area (Å²) in [6.07, 6.45) is 1.08. The molecule has 0 aliphatic carbocycles. The summed E-state index contributed by atoms with van der Waals surface area (Å²) in [7, 11) is -5.54. The van der Waals surface area contributed by atoms with Crippen LogP contribution in [-0.2, 0) is 16.0 Å². The van der Waals surface area contributed by atoms with Crippen molar-refractivity contribution in [3.05, 3.63) is 33.8 Å². The summed E-state index contributed by atoms with van der Waals surface area (Å²) in [4.78, 5) is 17.5. The molecule has 0 aromatic heterocycles. The third-order valence-electron chi connectivity index (χ3n) is 2.83. The molecule has 10 heteroatoms. The Labute approximate surface area is 195 Å². The Kier molecular flexibility index (Phi) is 13.9. The Morgan fingerprint density at radius 1 is 1.35 bits per heavy atom. The summed E-state index contributed by atoms with van der Waals surface area (Å²) >= 11 is 4.68. The van der Waals surface area contributed by atoms with Crippen LogP contribution in [0.1, 0.15) is 34.2 Å². The zero-order chi connectivity index (χ0) is 16.3. The zero-order valence-corrected chi connectivity index (χ0v) is 21.0. The van der Waals surface area contributed by atoms with Gasteiger partial charge in [0.25, 0.3) is 0 Å². The summed E-state index contributed by atoms with van der Waals surface area (Å²) in [6, 6.07) is 4.04. The van der Waals surface area contributed by atoms with Gasteiger partial charge in [0, 0.05) is 15.8 Å². The summed E-state index contributed by atoms with van der Waals surface area (Å²) in [6.45, 7) is 4.27. The average molecular weight is 451 g/mol. The van der Waals surface area contributed by atoms with Gasteiger partial charge in [-0.2, -0.15) is 20.5 Å². The molecular weight excluding hydrogens is 431 g/mol. The van der Waals surface area contributed by atoms with Crippen molar-refractivity contribution in [1.29, 1.82) is 0 Å². The molecular formula is C13H20BrF2Na2O3PS. The van der Waals surface area contributed by atoms with Crippen LogP contribution in [0.5, 0.6) is 0 Å². The molecule has 0 bridgehead atoms. The summed E-state index contributed by atoms with van der Waals surface area (Å²) in [5.74, 6) is 2.27. The van der Waals surface area contributed by atoms with Crippen LogP contribution < -0.4 is 59.1 Å². The number of halogens is 3. The Morgan fingerprint density at radius 2 is 1.91 bits per heavy atom. The summed E-state index contributed by atoms with van der Waals surface area (Å²) in [5.41, 5.74) is -4.04. The molecule has 0 saturated heterocycles. The molecule has 2 N–H and O–H groups in total. The van der Waals surface area contributed by atoms with Crippen molar-refractivity contribution in [2.75, 3.05) is 5.75 Å². The van der Waals surface area contributed by atoms with Crippen molar-refractivity contribution < 1.29 is 85.1 Å². The van der Waals surface area contributed by atoms with Gasteiger partial charge in [-0.25, -0.2) is 0 Å². The normalized spacial score (nSPS) is 11.8. The van der Waals surface area contributed by atoms with Crippen LogP contribution in [0, 0.1) is 5.92 Å². The minimum Gasteiger partial charge on any atom is -1.00 e. The van der Waals surface area contributed by atoms with E-state index in [-0.39, 0.29) is 66.4 Å². The van der Waals surface area contributed by atoms with Crippen molar-refractivity contribution in [1.82, 2.24) is 0 Å². The Balaban J connectivity index is -0.000000551. The van der Waals surface area contributed by atoms with E-state index >= 15 is 0 Å². The Morgan fingerprint density at radius 3 is 2.35 bits per heavy atom. The monoisotopic (exact) mass is 450 g/mol. The molecule has 0 spiro atoms. The van der Waals surface area contributed by atoms with Gasteiger partial charge in [-0.3, -0.25) is 4.57 Å². The molecule has 0 atom stereocenters. The topological polar surface area (TPSA) is 57.5 Å². The second-order valence-corrected chi connectivity index (χ2v) is 8.74. The van der Waals surface area contributed by atoms with Crippen LogP contribution in [0.25, 0.3) is 0 Å². The van der Waals surface area contributed by atoms with Crippen molar-refractivity contribution in [3.8, 4) is 0 Å². The average Bonchev–Trinajstić information content (AvgIpc) is 2.32. The Bertz CT molecular complexity index is 554. The summed E-state index contributed by atoms with van der Waals surface area (Å²) < 4.78 is 38.2. The van der Waals surface area contributed by atoms with Crippen molar-refractivity contribution in [2.45, 2.75) is 31.7 Å². The maximum atomic E-state index is 13.7. The first-order chi connectivity index (χ1) is 9.55. The van der Waals surface area contributed by atoms with Crippen LogP contribution in [0.15, 0.2) is 22.7 Å². The zero-order valence-electron chi connectivity index (χ0n) is 15.7. The van der Waals surface area contributed by atoms with Gasteiger partial charge < -0.3 is 12.6 Å². The van der Waals surface area contributed by atoms with Crippen LogP contribution in [0.2, 0.25) is 0 Å². The smallest absolute Gasteiger partial charge is 1.00 e. The first-order valence-electron chi connectivity index (χ1n) is 6.36. The van der Waals surface area contributed by atoms with Crippen LogP contribution in [0.4, 0.5) is 8.78 Å². The molecule has 0 radical (unpaired) electrons. The molecule has 1 rings (SSSR count). The van der Waals surface area contributed by atoms with Gasteiger partial charge in [-0.05, 0) is 29.7 Å². The third-order valence-corrected chi connectivity index (χ3v) is 5.52. The number of benzene rings is 1. The third kappa shape index (κ3) is 8.53. The molecule has 0 unspecified atom stereocenters. The maximum absolute atomic E-state index is 13.7. The van der Waals surface area contributed by atoms with Crippen molar-refractivity contribution in [2.24, 2.45) is 5.92 Å². The first-order valence-corrected chi connectivity index (χ1v) is 9.92. The number of hydrogen-bond acceptors (Lipinski definition) is 2. The van der Waals surface area contributed by atoms with Gasteiger partial charge >= 0.3 is 72.4 Å². The second-order valence-electron chi connectivity index (χ2n) is 5.13.